The highest BCUT2D eigenvalue weighted by Gasteiger charge is 2.40. The maximum absolute atomic E-state index is 13.2. The zero-order valence-electron chi connectivity index (χ0n) is 24.5. The highest BCUT2D eigenvalue weighted by Crippen LogP contribution is 2.61. The summed E-state index contributed by atoms with van der Waals surface area (Å²) in [5.74, 6) is 0. The maximum Gasteiger partial charge on any atom is 0.416 e. The summed E-state index contributed by atoms with van der Waals surface area (Å²) in [5, 5.41) is 39.8. The van der Waals surface area contributed by atoms with E-state index in [2.05, 4.69) is 0 Å². The van der Waals surface area contributed by atoms with Crippen molar-refractivity contribution < 1.29 is 26.3 Å². The van der Waals surface area contributed by atoms with E-state index in [1.54, 1.807) is 36.4 Å². The van der Waals surface area contributed by atoms with Gasteiger partial charge in [0, 0.05) is 32.0 Å². The number of rotatable bonds is 2. The lowest BCUT2D eigenvalue weighted by molar-refractivity contribution is -0.138. The van der Waals surface area contributed by atoms with Crippen LogP contribution in [0.15, 0.2) is 96.1 Å². The molecular weight excluding hydrogens is 659 g/mol. The minimum Gasteiger partial charge on any atom is -0.192 e. The third kappa shape index (κ3) is 4.88. The summed E-state index contributed by atoms with van der Waals surface area (Å²) in [6, 6.07) is 27.5. The van der Waals surface area contributed by atoms with E-state index in [9.17, 15) is 47.4 Å². The standard InChI is InChI=1S/C38H14F6N4S/c39-37(40,41)25-7-1-19(2-8-25)21-5-11-27-29(13-21)31(23(15-45)16-46)35-33(27)34-28-12-6-22(20-3-9-26(10-4-20)38(42,43)44)14-30(28)32(36(34)49-35)24(17-47)18-48/h1-14H. The number of nitriles is 4. The molecule has 0 atom stereocenters. The van der Waals surface area contributed by atoms with E-state index in [4.69, 9.17) is 0 Å². The average molecular weight is 673 g/mol. The second kappa shape index (κ2) is 11.1. The Balaban J connectivity index is 1.44. The quantitative estimate of drug-likeness (QED) is 0.135. The molecule has 1 heterocycles. The van der Waals surface area contributed by atoms with Gasteiger partial charge in [0.05, 0.1) is 11.1 Å². The molecular formula is C38H14F6N4S. The SMILES string of the molecule is N#CC(C#N)=C1c2cc(-c3ccc(C(F)(F)F)cc3)ccc2-c2c1sc1c2-c2ccc(-c3ccc(C(F)(F)F)cc3)cc2C1=C(C#N)C#N. The Kier molecular flexibility index (Phi) is 7.07. The lowest BCUT2D eigenvalue weighted by atomic mass is 9.93. The monoisotopic (exact) mass is 672 g/mol. The van der Waals surface area contributed by atoms with Gasteiger partial charge in [-0.3, -0.25) is 0 Å². The fourth-order valence-corrected chi connectivity index (χ4v) is 7.77. The van der Waals surface area contributed by atoms with E-state index in [1.165, 1.54) is 35.6 Å². The summed E-state index contributed by atoms with van der Waals surface area (Å²) >= 11 is 1.20. The molecule has 0 N–H and O–H groups in total. The van der Waals surface area contributed by atoms with Crippen LogP contribution in [0.25, 0.3) is 55.7 Å². The van der Waals surface area contributed by atoms with E-state index in [-0.39, 0.29) is 11.1 Å². The van der Waals surface area contributed by atoms with Gasteiger partial charge in [0.1, 0.15) is 35.4 Å². The molecule has 2 aliphatic rings. The number of halogens is 6. The molecule has 5 aromatic rings. The zero-order valence-corrected chi connectivity index (χ0v) is 25.4. The number of fused-ring (bicyclic) bond motifs is 7. The van der Waals surface area contributed by atoms with Crippen molar-refractivity contribution in [1.82, 2.24) is 0 Å². The van der Waals surface area contributed by atoms with Crippen LogP contribution in [0.1, 0.15) is 32.0 Å². The highest BCUT2D eigenvalue weighted by atomic mass is 32.1. The molecule has 0 bridgehead atoms. The largest absolute Gasteiger partial charge is 0.416 e. The molecule has 4 aromatic carbocycles. The van der Waals surface area contributed by atoms with Crippen molar-refractivity contribution in [3.63, 3.8) is 0 Å². The molecule has 2 aliphatic carbocycles. The molecule has 234 valence electrons. The van der Waals surface area contributed by atoms with Gasteiger partial charge in [0.15, 0.2) is 0 Å². The van der Waals surface area contributed by atoms with Crippen molar-refractivity contribution in [2.45, 2.75) is 12.4 Å². The van der Waals surface area contributed by atoms with E-state index in [0.717, 1.165) is 24.3 Å². The first kappa shape index (κ1) is 31.2. The fourth-order valence-electron chi connectivity index (χ4n) is 6.31. The fraction of sp³-hybridized carbons (Fsp3) is 0.0526. The molecule has 0 unspecified atom stereocenters. The van der Waals surface area contributed by atoms with E-state index in [1.807, 2.05) is 24.3 Å². The first-order valence-corrected chi connectivity index (χ1v) is 15.1. The van der Waals surface area contributed by atoms with Gasteiger partial charge in [-0.15, -0.1) is 11.3 Å². The molecule has 0 aliphatic heterocycles. The molecule has 0 radical (unpaired) electrons. The van der Waals surface area contributed by atoms with Crippen LogP contribution in [0.2, 0.25) is 0 Å². The minimum absolute atomic E-state index is 0.186. The number of allylic oxidation sites excluding steroid dienone is 2. The molecule has 1 aromatic heterocycles. The van der Waals surface area contributed by atoms with Gasteiger partial charge in [-0.1, -0.05) is 48.5 Å². The van der Waals surface area contributed by atoms with Gasteiger partial charge in [0.25, 0.3) is 0 Å². The Morgan fingerprint density at radius 2 is 0.776 bits per heavy atom. The molecule has 49 heavy (non-hydrogen) atoms. The summed E-state index contributed by atoms with van der Waals surface area (Å²) < 4.78 is 79.2. The molecule has 0 saturated heterocycles. The Labute approximate surface area is 278 Å². The van der Waals surface area contributed by atoms with Crippen LogP contribution in [0, 0.1) is 45.3 Å². The van der Waals surface area contributed by atoms with Crippen LogP contribution < -0.4 is 0 Å². The summed E-state index contributed by atoms with van der Waals surface area (Å²) in [6.45, 7) is 0. The summed E-state index contributed by atoms with van der Waals surface area (Å²) in [7, 11) is 0. The van der Waals surface area contributed by atoms with Crippen molar-refractivity contribution in [3.8, 4) is 68.8 Å². The number of nitrogens with zero attached hydrogens (tertiary/aromatic N) is 4. The highest BCUT2D eigenvalue weighted by molar-refractivity contribution is 7.16. The van der Waals surface area contributed by atoms with E-state index >= 15 is 0 Å². The molecule has 0 spiro atoms. The third-order valence-corrected chi connectivity index (χ3v) is 9.74. The van der Waals surface area contributed by atoms with Crippen molar-refractivity contribution in [2.24, 2.45) is 0 Å². The molecule has 0 amide bonds. The second-order valence-electron chi connectivity index (χ2n) is 11.1. The Morgan fingerprint density at radius 1 is 0.449 bits per heavy atom. The molecule has 7 rings (SSSR count). The molecule has 11 heteroatoms. The van der Waals surface area contributed by atoms with Crippen molar-refractivity contribution in [1.29, 1.82) is 21.0 Å². The predicted molar refractivity (Wildman–Crippen MR) is 171 cm³/mol. The van der Waals surface area contributed by atoms with Gasteiger partial charge in [0.2, 0.25) is 0 Å². The normalized spacial score (nSPS) is 12.5. The number of alkyl halides is 6. The number of hydrogen-bond acceptors (Lipinski definition) is 5. The first-order chi connectivity index (χ1) is 23.4. The van der Waals surface area contributed by atoms with Crippen molar-refractivity contribution in [2.75, 3.05) is 0 Å². The number of hydrogen-bond donors (Lipinski definition) is 0. The van der Waals surface area contributed by atoms with Crippen molar-refractivity contribution in [3.05, 3.63) is 128 Å². The van der Waals surface area contributed by atoms with Crippen LogP contribution in [0.5, 0.6) is 0 Å². The smallest absolute Gasteiger partial charge is 0.192 e. The molecule has 4 nitrogen and oxygen atoms in total. The summed E-state index contributed by atoms with van der Waals surface area (Å²) in [5.41, 5.74) is 4.49. The van der Waals surface area contributed by atoms with Crippen LogP contribution in [0.3, 0.4) is 0 Å². The lowest BCUT2D eigenvalue weighted by Gasteiger charge is -2.11. The Morgan fingerprint density at radius 3 is 1.08 bits per heavy atom. The van der Waals surface area contributed by atoms with Gasteiger partial charge in [-0.25, -0.2) is 0 Å². The number of thiophene rings is 1. The first-order valence-electron chi connectivity index (χ1n) is 14.3. The van der Waals surface area contributed by atoms with Crippen molar-refractivity contribution >= 4 is 22.5 Å². The second-order valence-corrected chi connectivity index (χ2v) is 12.1. The van der Waals surface area contributed by atoms with Crippen LogP contribution >= 0.6 is 11.3 Å². The summed E-state index contributed by atoms with van der Waals surface area (Å²) in [4.78, 5) is 1.13. The van der Waals surface area contributed by atoms with E-state index in [0.29, 0.717) is 76.5 Å². The van der Waals surface area contributed by atoms with E-state index < -0.39 is 23.5 Å². The number of benzene rings is 4. The Bertz CT molecular complexity index is 2280. The van der Waals surface area contributed by atoms with Crippen LogP contribution in [-0.4, -0.2) is 0 Å². The minimum atomic E-state index is -4.51. The average Bonchev–Trinajstić information content (AvgIpc) is 3.71. The summed E-state index contributed by atoms with van der Waals surface area (Å²) in [6.07, 6.45) is -9.01. The van der Waals surface area contributed by atoms with Crippen LogP contribution in [0.4, 0.5) is 26.3 Å². The lowest BCUT2D eigenvalue weighted by Crippen LogP contribution is -2.04. The Hall–Kier alpha value is -6.40. The molecule has 0 fully saturated rings. The topological polar surface area (TPSA) is 95.2 Å². The molecule has 0 saturated carbocycles. The zero-order chi connectivity index (χ0) is 34.8. The van der Waals surface area contributed by atoms with Gasteiger partial charge in [-0.05, 0) is 80.9 Å². The maximum atomic E-state index is 13.2. The van der Waals surface area contributed by atoms with Crippen LogP contribution in [-0.2, 0) is 12.4 Å². The third-order valence-electron chi connectivity index (χ3n) is 8.52. The predicted octanol–water partition coefficient (Wildman–Crippen LogP) is 10.8. The van der Waals surface area contributed by atoms with Gasteiger partial charge < -0.3 is 0 Å². The van der Waals surface area contributed by atoms with Gasteiger partial charge >= 0.3 is 12.4 Å². The van der Waals surface area contributed by atoms with Gasteiger partial charge in [-0.2, -0.15) is 47.4 Å².